The first-order valence-corrected chi connectivity index (χ1v) is 10.5. The van der Waals surface area contributed by atoms with Gasteiger partial charge in [0.1, 0.15) is 30.0 Å². The van der Waals surface area contributed by atoms with E-state index < -0.39 is 28.6 Å². The van der Waals surface area contributed by atoms with Gasteiger partial charge in [-0.3, -0.25) is 0 Å². The molecule has 158 valence electrons. The molecule has 11 heteroatoms. The maximum Gasteiger partial charge on any atom is 0.352 e. The fraction of sp³-hybridized carbons (Fsp3) is 0.211. The zero-order chi connectivity index (χ0) is 21.9. The van der Waals surface area contributed by atoms with E-state index in [4.69, 9.17) is 14.6 Å². The number of rotatable bonds is 8. The van der Waals surface area contributed by atoms with E-state index in [1.165, 1.54) is 12.1 Å². The summed E-state index contributed by atoms with van der Waals surface area (Å²) in [5.41, 5.74) is 1.01. The normalized spacial score (nSPS) is 12.4. The number of aromatic amines is 1. The predicted molar refractivity (Wildman–Crippen MR) is 104 cm³/mol. The second kappa shape index (κ2) is 8.49. The Morgan fingerprint density at radius 2 is 1.93 bits per heavy atom. The van der Waals surface area contributed by atoms with Crippen LogP contribution in [0.1, 0.15) is 17.4 Å². The first-order chi connectivity index (χ1) is 14.2. The number of hydrogen-bond acceptors (Lipinski definition) is 7. The van der Waals surface area contributed by atoms with Gasteiger partial charge in [0.05, 0.1) is 12.4 Å². The molecule has 0 unspecified atom stereocenters. The number of aromatic carboxylic acids is 1. The van der Waals surface area contributed by atoms with E-state index in [0.29, 0.717) is 17.0 Å². The molecule has 9 nitrogen and oxygen atoms in total. The van der Waals surface area contributed by atoms with Crippen LogP contribution in [0.3, 0.4) is 0 Å². The molecule has 1 atom stereocenters. The minimum Gasteiger partial charge on any atom is -0.488 e. The van der Waals surface area contributed by atoms with Crippen molar-refractivity contribution in [2.24, 2.45) is 0 Å². The van der Waals surface area contributed by atoms with Crippen LogP contribution in [-0.4, -0.2) is 53.5 Å². The second-order valence-electron chi connectivity index (χ2n) is 6.43. The standard InChI is InChI=1S/C19H18FN3O6S/c1-11(8-20)28-13-5-12(15-3-4-16(23-15)19(24)25)6-14(7-13)29-17-9-22-18(10-21-17)30(2,26)27/h3-7,9-11,23H,8H2,1-2H3,(H,24,25)/t11-/m0/s1. The average molecular weight is 435 g/mol. The van der Waals surface area contributed by atoms with Crippen LogP contribution in [0.25, 0.3) is 11.3 Å². The van der Waals surface area contributed by atoms with Crippen molar-refractivity contribution in [2.75, 3.05) is 12.9 Å². The van der Waals surface area contributed by atoms with Crippen LogP contribution >= 0.6 is 0 Å². The van der Waals surface area contributed by atoms with Gasteiger partial charge in [-0.05, 0) is 31.2 Å². The fourth-order valence-corrected chi connectivity index (χ4v) is 2.96. The van der Waals surface area contributed by atoms with Gasteiger partial charge < -0.3 is 19.6 Å². The molecule has 2 aromatic heterocycles. The first kappa shape index (κ1) is 21.2. The van der Waals surface area contributed by atoms with E-state index >= 15 is 0 Å². The lowest BCUT2D eigenvalue weighted by Gasteiger charge is -2.14. The molecule has 2 N–H and O–H groups in total. The summed E-state index contributed by atoms with van der Waals surface area (Å²) in [6.45, 7) is 0.851. The van der Waals surface area contributed by atoms with E-state index in [9.17, 15) is 17.6 Å². The molecule has 0 aliphatic rings. The van der Waals surface area contributed by atoms with Gasteiger partial charge in [-0.15, -0.1) is 0 Å². The molecule has 0 fully saturated rings. The Hall–Kier alpha value is -3.47. The molecule has 0 aliphatic heterocycles. The molecule has 2 heterocycles. The van der Waals surface area contributed by atoms with E-state index in [1.807, 2.05) is 0 Å². The lowest BCUT2D eigenvalue weighted by Crippen LogP contribution is -2.13. The van der Waals surface area contributed by atoms with Gasteiger partial charge in [-0.2, -0.15) is 0 Å². The molecular formula is C19H18FN3O6S. The Kier molecular flexibility index (Phi) is 6.01. The van der Waals surface area contributed by atoms with Gasteiger partial charge in [0, 0.05) is 23.6 Å². The topological polar surface area (TPSA) is 131 Å². The molecule has 0 aliphatic carbocycles. The molecule has 0 spiro atoms. The summed E-state index contributed by atoms with van der Waals surface area (Å²) in [4.78, 5) is 21.6. The second-order valence-corrected chi connectivity index (χ2v) is 8.40. The highest BCUT2D eigenvalue weighted by Gasteiger charge is 2.14. The number of ether oxygens (including phenoxy) is 2. The number of aromatic nitrogens is 3. The number of halogens is 1. The number of alkyl halides is 1. The van der Waals surface area contributed by atoms with Crippen molar-refractivity contribution in [3.8, 4) is 28.6 Å². The number of carbonyl (C=O) groups is 1. The van der Waals surface area contributed by atoms with Crippen molar-refractivity contribution in [1.29, 1.82) is 0 Å². The molecule has 3 aromatic rings. The van der Waals surface area contributed by atoms with Crippen molar-refractivity contribution in [3.63, 3.8) is 0 Å². The molecule has 0 saturated carbocycles. The zero-order valence-electron chi connectivity index (χ0n) is 16.0. The number of carboxylic acid groups (broad SMARTS) is 1. The monoisotopic (exact) mass is 435 g/mol. The summed E-state index contributed by atoms with van der Waals surface area (Å²) >= 11 is 0. The van der Waals surface area contributed by atoms with Gasteiger partial charge in [0.2, 0.25) is 5.88 Å². The Bertz CT molecular complexity index is 1160. The maximum atomic E-state index is 12.9. The minimum absolute atomic E-state index is 0.00172. The lowest BCUT2D eigenvalue weighted by atomic mass is 10.1. The smallest absolute Gasteiger partial charge is 0.352 e. The third-order valence-electron chi connectivity index (χ3n) is 3.87. The van der Waals surface area contributed by atoms with Crippen LogP contribution in [0.4, 0.5) is 4.39 Å². The number of benzene rings is 1. The zero-order valence-corrected chi connectivity index (χ0v) is 16.8. The highest BCUT2D eigenvalue weighted by molar-refractivity contribution is 7.90. The van der Waals surface area contributed by atoms with E-state index in [1.54, 1.807) is 25.1 Å². The van der Waals surface area contributed by atoms with Gasteiger partial charge in [0.15, 0.2) is 14.9 Å². The van der Waals surface area contributed by atoms with E-state index in [0.717, 1.165) is 18.6 Å². The summed E-state index contributed by atoms with van der Waals surface area (Å²) < 4.78 is 47.0. The van der Waals surface area contributed by atoms with Crippen LogP contribution in [0.5, 0.6) is 17.4 Å². The molecule has 0 amide bonds. The van der Waals surface area contributed by atoms with Crippen LogP contribution in [0.15, 0.2) is 47.8 Å². The predicted octanol–water partition coefficient (Wildman–Crippen LogP) is 3.10. The van der Waals surface area contributed by atoms with E-state index in [-0.39, 0.29) is 22.3 Å². The molecule has 1 aromatic carbocycles. The van der Waals surface area contributed by atoms with Crippen LogP contribution in [0, 0.1) is 0 Å². The minimum atomic E-state index is -3.50. The van der Waals surface area contributed by atoms with Crippen molar-refractivity contribution in [2.45, 2.75) is 18.1 Å². The molecule has 0 bridgehead atoms. The Labute approximate surface area is 171 Å². The number of nitrogens with zero attached hydrogens (tertiary/aromatic N) is 2. The van der Waals surface area contributed by atoms with Crippen LogP contribution < -0.4 is 9.47 Å². The highest BCUT2D eigenvalue weighted by Crippen LogP contribution is 2.32. The number of H-pyrrole nitrogens is 1. The molecule has 3 rings (SSSR count). The molecule has 30 heavy (non-hydrogen) atoms. The third kappa shape index (κ3) is 5.11. The van der Waals surface area contributed by atoms with Gasteiger partial charge >= 0.3 is 5.97 Å². The van der Waals surface area contributed by atoms with Crippen LogP contribution in [0.2, 0.25) is 0 Å². The summed E-state index contributed by atoms with van der Waals surface area (Å²) in [6.07, 6.45) is 2.53. The number of sulfone groups is 1. The SMILES string of the molecule is C[C@@H](CF)Oc1cc(Oc2cnc(S(C)(=O)=O)cn2)cc(-c2ccc(C(=O)O)[nH]2)c1. The summed E-state index contributed by atoms with van der Waals surface area (Å²) in [7, 11) is -3.50. The highest BCUT2D eigenvalue weighted by atomic mass is 32.2. The lowest BCUT2D eigenvalue weighted by molar-refractivity contribution is 0.0691. The van der Waals surface area contributed by atoms with E-state index in [2.05, 4.69) is 15.0 Å². The van der Waals surface area contributed by atoms with Crippen molar-refractivity contribution in [3.05, 3.63) is 48.4 Å². The Morgan fingerprint density at radius 3 is 2.50 bits per heavy atom. The average Bonchev–Trinajstić information content (AvgIpc) is 3.18. The summed E-state index contributed by atoms with van der Waals surface area (Å²) in [5, 5.41) is 8.90. The Morgan fingerprint density at radius 1 is 1.20 bits per heavy atom. The number of nitrogens with one attached hydrogen (secondary N) is 1. The molecule has 0 radical (unpaired) electrons. The molecule has 0 saturated heterocycles. The summed E-state index contributed by atoms with van der Waals surface area (Å²) in [5.74, 6) is -0.541. The first-order valence-electron chi connectivity index (χ1n) is 8.66. The summed E-state index contributed by atoms with van der Waals surface area (Å²) in [6, 6.07) is 7.69. The number of hydrogen-bond donors (Lipinski definition) is 2. The largest absolute Gasteiger partial charge is 0.488 e. The van der Waals surface area contributed by atoms with Crippen molar-refractivity contribution in [1.82, 2.24) is 15.0 Å². The van der Waals surface area contributed by atoms with Gasteiger partial charge in [-0.25, -0.2) is 27.6 Å². The fourth-order valence-electron chi connectivity index (χ4n) is 2.48. The molecular weight excluding hydrogens is 417 g/mol. The van der Waals surface area contributed by atoms with Crippen molar-refractivity contribution >= 4 is 15.8 Å². The quantitative estimate of drug-likeness (QED) is 0.552. The third-order valence-corrected chi connectivity index (χ3v) is 4.84. The van der Waals surface area contributed by atoms with Gasteiger partial charge in [-0.1, -0.05) is 0 Å². The van der Waals surface area contributed by atoms with Crippen molar-refractivity contribution < 1.29 is 32.2 Å². The maximum absolute atomic E-state index is 12.9. The number of carboxylic acids is 1. The van der Waals surface area contributed by atoms with Crippen LogP contribution in [-0.2, 0) is 9.84 Å². The Balaban J connectivity index is 1.95. The van der Waals surface area contributed by atoms with Gasteiger partial charge in [0.25, 0.3) is 0 Å².